The minimum absolute atomic E-state index is 0.0947. The van der Waals surface area contributed by atoms with E-state index in [9.17, 15) is 9.59 Å². The lowest BCUT2D eigenvalue weighted by atomic mass is 10.1. The van der Waals surface area contributed by atoms with Crippen LogP contribution in [0.2, 0.25) is 0 Å². The van der Waals surface area contributed by atoms with Crippen molar-refractivity contribution in [1.29, 1.82) is 0 Å². The van der Waals surface area contributed by atoms with Gasteiger partial charge in [0.1, 0.15) is 16.3 Å². The standard InChI is InChI=1S/C22H22N4O4S3/c1-11-12(2)33-19-18(11)20(28)26(3)22(25-19)32-10-17(27)24-21-23-15(9-31-21)14-7-6-13(29-4)8-16(14)30-5/h6-9H,10H2,1-5H3,(H,23,24,27). The highest BCUT2D eigenvalue weighted by Crippen LogP contribution is 2.35. The number of thiazole rings is 1. The number of rotatable bonds is 7. The summed E-state index contributed by atoms with van der Waals surface area (Å²) in [6, 6.07) is 5.48. The number of anilines is 1. The maximum atomic E-state index is 12.7. The van der Waals surface area contributed by atoms with Crippen molar-refractivity contribution in [3.63, 3.8) is 0 Å². The molecule has 0 radical (unpaired) electrons. The zero-order valence-corrected chi connectivity index (χ0v) is 21.2. The van der Waals surface area contributed by atoms with Crippen molar-refractivity contribution in [1.82, 2.24) is 14.5 Å². The van der Waals surface area contributed by atoms with E-state index in [-0.39, 0.29) is 17.2 Å². The molecule has 11 heteroatoms. The molecule has 1 N–H and O–H groups in total. The molecule has 1 aromatic carbocycles. The zero-order chi connectivity index (χ0) is 23.7. The summed E-state index contributed by atoms with van der Waals surface area (Å²) in [5.41, 5.74) is 2.37. The van der Waals surface area contributed by atoms with Crippen molar-refractivity contribution in [2.24, 2.45) is 7.05 Å². The molecule has 0 unspecified atom stereocenters. The third kappa shape index (κ3) is 4.61. The van der Waals surface area contributed by atoms with Crippen LogP contribution in [0.25, 0.3) is 21.5 Å². The van der Waals surface area contributed by atoms with Crippen LogP contribution in [0.3, 0.4) is 0 Å². The Bertz CT molecular complexity index is 1410. The number of aromatic nitrogens is 3. The number of hydrogen-bond donors (Lipinski definition) is 1. The van der Waals surface area contributed by atoms with E-state index in [0.29, 0.717) is 37.7 Å². The van der Waals surface area contributed by atoms with Gasteiger partial charge in [-0.1, -0.05) is 11.8 Å². The van der Waals surface area contributed by atoms with Crippen LogP contribution < -0.4 is 20.3 Å². The number of nitrogens with zero attached hydrogens (tertiary/aromatic N) is 3. The van der Waals surface area contributed by atoms with Crippen molar-refractivity contribution >= 4 is 55.7 Å². The Morgan fingerprint density at radius 2 is 2.00 bits per heavy atom. The second-order valence-electron chi connectivity index (χ2n) is 7.16. The summed E-state index contributed by atoms with van der Waals surface area (Å²) < 4.78 is 12.2. The Morgan fingerprint density at radius 1 is 1.21 bits per heavy atom. The zero-order valence-electron chi connectivity index (χ0n) is 18.7. The van der Waals surface area contributed by atoms with Gasteiger partial charge < -0.3 is 14.8 Å². The molecule has 4 rings (SSSR count). The van der Waals surface area contributed by atoms with E-state index in [0.717, 1.165) is 16.0 Å². The van der Waals surface area contributed by atoms with Gasteiger partial charge in [0.25, 0.3) is 5.56 Å². The van der Waals surface area contributed by atoms with Crippen LogP contribution in [0.1, 0.15) is 10.4 Å². The third-order valence-electron chi connectivity index (χ3n) is 5.14. The SMILES string of the molecule is COc1ccc(-c2csc(NC(=O)CSc3nc4sc(C)c(C)c4c(=O)n3C)n2)c(OC)c1. The molecule has 3 heterocycles. The smallest absolute Gasteiger partial charge is 0.262 e. The first-order valence-electron chi connectivity index (χ1n) is 9.89. The van der Waals surface area contributed by atoms with Crippen LogP contribution in [0.15, 0.2) is 33.5 Å². The molecule has 0 saturated heterocycles. The Morgan fingerprint density at radius 3 is 2.73 bits per heavy atom. The summed E-state index contributed by atoms with van der Waals surface area (Å²) in [5, 5.41) is 6.31. The molecular formula is C22H22N4O4S3. The van der Waals surface area contributed by atoms with Crippen LogP contribution in [0.5, 0.6) is 11.5 Å². The maximum absolute atomic E-state index is 12.7. The lowest BCUT2D eigenvalue weighted by Gasteiger charge is -2.08. The van der Waals surface area contributed by atoms with Crippen molar-refractivity contribution in [2.45, 2.75) is 19.0 Å². The van der Waals surface area contributed by atoms with Gasteiger partial charge >= 0.3 is 0 Å². The van der Waals surface area contributed by atoms with Crippen LogP contribution in [0, 0.1) is 13.8 Å². The number of thiophene rings is 1. The molecule has 0 spiro atoms. The molecule has 0 aliphatic heterocycles. The largest absolute Gasteiger partial charge is 0.497 e. The summed E-state index contributed by atoms with van der Waals surface area (Å²) in [6.07, 6.45) is 0. The summed E-state index contributed by atoms with van der Waals surface area (Å²) >= 11 is 4.04. The molecule has 8 nitrogen and oxygen atoms in total. The molecule has 0 aliphatic carbocycles. The van der Waals surface area contributed by atoms with Crippen LogP contribution >= 0.6 is 34.4 Å². The number of amides is 1. The molecule has 4 aromatic rings. The van der Waals surface area contributed by atoms with Gasteiger partial charge in [-0.2, -0.15) is 0 Å². The number of carbonyl (C=O) groups excluding carboxylic acids is 1. The number of methoxy groups -OCH3 is 2. The highest BCUT2D eigenvalue weighted by atomic mass is 32.2. The normalized spacial score (nSPS) is 11.1. The number of thioether (sulfide) groups is 1. The summed E-state index contributed by atoms with van der Waals surface area (Å²) in [7, 11) is 4.86. The van der Waals surface area contributed by atoms with Crippen LogP contribution in [0.4, 0.5) is 5.13 Å². The Kier molecular flexibility index (Phi) is 6.73. The lowest BCUT2D eigenvalue weighted by Crippen LogP contribution is -2.21. The fourth-order valence-corrected chi connectivity index (χ4v) is 5.80. The van der Waals surface area contributed by atoms with E-state index in [1.807, 2.05) is 31.4 Å². The number of hydrogen-bond acceptors (Lipinski definition) is 9. The first-order valence-corrected chi connectivity index (χ1v) is 12.6. The first kappa shape index (κ1) is 23.3. The Labute approximate surface area is 202 Å². The molecule has 0 saturated carbocycles. The number of carbonyl (C=O) groups is 1. The molecule has 0 fully saturated rings. The van der Waals surface area contributed by atoms with Gasteiger partial charge in [0.2, 0.25) is 5.91 Å². The first-order chi connectivity index (χ1) is 15.8. The van der Waals surface area contributed by atoms with Crippen molar-refractivity contribution in [3.05, 3.63) is 44.4 Å². The van der Waals surface area contributed by atoms with E-state index >= 15 is 0 Å². The Balaban J connectivity index is 1.46. The molecule has 0 bridgehead atoms. The van der Waals surface area contributed by atoms with E-state index in [2.05, 4.69) is 15.3 Å². The van der Waals surface area contributed by atoms with Crippen molar-refractivity contribution in [3.8, 4) is 22.8 Å². The number of aryl methyl sites for hydroxylation is 2. The monoisotopic (exact) mass is 502 g/mol. The van der Waals surface area contributed by atoms with Crippen molar-refractivity contribution in [2.75, 3.05) is 25.3 Å². The van der Waals surface area contributed by atoms with Crippen LogP contribution in [-0.2, 0) is 11.8 Å². The predicted octanol–water partition coefficient (Wildman–Crippen LogP) is 4.48. The van der Waals surface area contributed by atoms with Gasteiger partial charge in [0, 0.05) is 28.9 Å². The second kappa shape index (κ2) is 9.54. The number of nitrogens with one attached hydrogen (secondary N) is 1. The molecule has 0 atom stereocenters. The number of ether oxygens (including phenoxy) is 2. The quantitative estimate of drug-likeness (QED) is 0.294. The van der Waals surface area contributed by atoms with E-state index in [1.165, 1.54) is 39.0 Å². The van der Waals surface area contributed by atoms with E-state index < -0.39 is 0 Å². The maximum Gasteiger partial charge on any atom is 0.262 e. The van der Waals surface area contributed by atoms with Gasteiger partial charge in [-0.3, -0.25) is 14.2 Å². The molecule has 1 amide bonds. The number of fused-ring (bicyclic) bond motifs is 1. The van der Waals surface area contributed by atoms with Crippen molar-refractivity contribution < 1.29 is 14.3 Å². The molecule has 172 valence electrons. The second-order valence-corrected chi connectivity index (χ2v) is 10.2. The van der Waals surface area contributed by atoms with Gasteiger partial charge in [-0.05, 0) is 31.5 Å². The average Bonchev–Trinajstić information content (AvgIpc) is 3.38. The summed E-state index contributed by atoms with van der Waals surface area (Å²) in [4.78, 5) is 36.2. The topological polar surface area (TPSA) is 95.3 Å². The van der Waals surface area contributed by atoms with E-state index in [1.54, 1.807) is 27.3 Å². The van der Waals surface area contributed by atoms with Gasteiger partial charge in [0.15, 0.2) is 10.3 Å². The highest BCUT2D eigenvalue weighted by molar-refractivity contribution is 7.99. The predicted molar refractivity (Wildman–Crippen MR) is 134 cm³/mol. The highest BCUT2D eigenvalue weighted by Gasteiger charge is 2.17. The fraction of sp³-hybridized carbons (Fsp3) is 0.273. The minimum Gasteiger partial charge on any atom is -0.497 e. The van der Waals surface area contributed by atoms with Gasteiger partial charge in [-0.15, -0.1) is 22.7 Å². The summed E-state index contributed by atoms with van der Waals surface area (Å²) in [6.45, 7) is 3.91. The molecule has 3 aromatic heterocycles. The summed E-state index contributed by atoms with van der Waals surface area (Å²) in [5.74, 6) is 1.20. The molecule has 33 heavy (non-hydrogen) atoms. The lowest BCUT2D eigenvalue weighted by molar-refractivity contribution is -0.113. The van der Waals surface area contributed by atoms with E-state index in [4.69, 9.17) is 9.47 Å². The number of benzene rings is 1. The van der Waals surface area contributed by atoms with Gasteiger partial charge in [0.05, 0.1) is 31.1 Å². The van der Waals surface area contributed by atoms with Crippen LogP contribution in [-0.4, -0.2) is 40.4 Å². The third-order valence-corrected chi connectivity index (χ3v) is 8.03. The fourth-order valence-electron chi connectivity index (χ4n) is 3.24. The molecular weight excluding hydrogens is 480 g/mol. The molecule has 0 aliphatic rings. The van der Waals surface area contributed by atoms with Gasteiger partial charge in [-0.25, -0.2) is 9.97 Å². The Hall–Kier alpha value is -2.89. The minimum atomic E-state index is -0.226. The average molecular weight is 503 g/mol.